The third-order valence-corrected chi connectivity index (χ3v) is 2.27. The molecule has 5 heteroatoms. The number of Topliss-reactive ketones (excluding diaryl/α,β-unsaturated/α-hetero) is 1. The Morgan fingerprint density at radius 1 is 1.44 bits per heavy atom. The molecule has 0 heterocycles. The van der Waals surface area contributed by atoms with E-state index in [-0.39, 0.29) is 18.8 Å². The van der Waals surface area contributed by atoms with Gasteiger partial charge in [-0.3, -0.25) is 9.59 Å². The number of benzene rings is 1. The number of ether oxygens (including phenoxy) is 1. The van der Waals surface area contributed by atoms with E-state index in [2.05, 4.69) is 4.74 Å². The minimum absolute atomic E-state index is 0.259. The molecule has 16 heavy (non-hydrogen) atoms. The molecule has 2 N–H and O–H groups in total. The molecule has 1 aromatic rings. The van der Waals surface area contributed by atoms with Crippen molar-refractivity contribution in [3.63, 3.8) is 0 Å². The van der Waals surface area contributed by atoms with Gasteiger partial charge in [-0.2, -0.15) is 0 Å². The molecule has 0 saturated heterocycles. The molecule has 4 nitrogen and oxygen atoms in total. The van der Waals surface area contributed by atoms with Crippen LogP contribution in [0.5, 0.6) is 0 Å². The van der Waals surface area contributed by atoms with Crippen LogP contribution in [0.4, 0.5) is 5.69 Å². The molecule has 0 fully saturated rings. The predicted molar refractivity (Wildman–Crippen MR) is 61.4 cm³/mol. The van der Waals surface area contributed by atoms with Crippen molar-refractivity contribution in [2.24, 2.45) is 0 Å². The summed E-state index contributed by atoms with van der Waals surface area (Å²) in [5.41, 5.74) is 6.22. The second-order valence-corrected chi connectivity index (χ2v) is 3.55. The number of carbonyl (C=O) groups excluding carboxylic acids is 2. The lowest BCUT2D eigenvalue weighted by atomic mass is 10.1. The van der Waals surface area contributed by atoms with Gasteiger partial charge in [0.1, 0.15) is 6.42 Å². The fraction of sp³-hybridized carbons (Fsp3) is 0.273. The van der Waals surface area contributed by atoms with Crippen LogP contribution in [-0.2, 0) is 9.53 Å². The summed E-state index contributed by atoms with van der Waals surface area (Å²) in [7, 11) is 0. The number of esters is 1. The van der Waals surface area contributed by atoms with Gasteiger partial charge in [-0.05, 0) is 25.1 Å². The molecule has 0 aliphatic carbocycles. The Kier molecular flexibility index (Phi) is 4.31. The summed E-state index contributed by atoms with van der Waals surface area (Å²) < 4.78 is 4.67. The molecule has 0 spiro atoms. The summed E-state index contributed by atoms with van der Waals surface area (Å²) in [5.74, 6) is -0.872. The van der Waals surface area contributed by atoms with Crippen LogP contribution in [0.3, 0.4) is 0 Å². The smallest absolute Gasteiger partial charge is 0.313 e. The van der Waals surface area contributed by atoms with Crippen molar-refractivity contribution >= 4 is 29.0 Å². The van der Waals surface area contributed by atoms with Crippen LogP contribution in [0.2, 0.25) is 5.02 Å². The van der Waals surface area contributed by atoms with Gasteiger partial charge in [0.15, 0.2) is 5.78 Å². The van der Waals surface area contributed by atoms with Gasteiger partial charge in [0.25, 0.3) is 0 Å². The van der Waals surface area contributed by atoms with E-state index in [1.165, 1.54) is 18.2 Å². The Balaban J connectivity index is 2.73. The molecule has 0 amide bonds. The minimum atomic E-state index is -0.541. The maximum atomic E-state index is 11.6. The monoisotopic (exact) mass is 241 g/mol. The highest BCUT2D eigenvalue weighted by Gasteiger charge is 2.13. The second-order valence-electron chi connectivity index (χ2n) is 3.14. The van der Waals surface area contributed by atoms with Crippen LogP contribution in [0, 0.1) is 0 Å². The number of hydrogen-bond donors (Lipinski definition) is 1. The van der Waals surface area contributed by atoms with E-state index in [1.807, 2.05) is 0 Å². The molecule has 0 aliphatic heterocycles. The van der Waals surface area contributed by atoms with Crippen molar-refractivity contribution in [2.45, 2.75) is 13.3 Å². The molecular weight excluding hydrogens is 230 g/mol. The first kappa shape index (κ1) is 12.5. The molecule has 0 atom stereocenters. The molecule has 86 valence electrons. The number of carbonyl (C=O) groups is 2. The van der Waals surface area contributed by atoms with Crippen molar-refractivity contribution < 1.29 is 14.3 Å². The fourth-order valence-corrected chi connectivity index (χ4v) is 1.28. The fourth-order valence-electron chi connectivity index (χ4n) is 1.16. The van der Waals surface area contributed by atoms with E-state index in [0.717, 1.165) is 0 Å². The number of nitrogens with two attached hydrogens (primary N) is 1. The molecule has 0 aliphatic rings. The Hall–Kier alpha value is -1.55. The quantitative estimate of drug-likeness (QED) is 0.379. The standard InChI is InChI=1S/C11H12ClNO3/c1-2-16-11(15)6-10(14)7-3-4-8(12)9(13)5-7/h3-5H,2,6,13H2,1H3. The summed E-state index contributed by atoms with van der Waals surface area (Å²) in [6.07, 6.45) is -0.283. The summed E-state index contributed by atoms with van der Waals surface area (Å²) in [6, 6.07) is 4.50. The number of rotatable bonds is 4. The van der Waals surface area contributed by atoms with Gasteiger partial charge >= 0.3 is 5.97 Å². The normalized spacial score (nSPS) is 9.88. The SMILES string of the molecule is CCOC(=O)CC(=O)c1ccc(Cl)c(N)c1. The van der Waals surface area contributed by atoms with Crippen molar-refractivity contribution in [1.29, 1.82) is 0 Å². The van der Waals surface area contributed by atoms with Crippen LogP contribution in [0.1, 0.15) is 23.7 Å². The van der Waals surface area contributed by atoms with Gasteiger partial charge in [0, 0.05) is 5.56 Å². The first-order valence-corrected chi connectivity index (χ1v) is 5.16. The van der Waals surface area contributed by atoms with E-state index >= 15 is 0 Å². The highest BCUT2D eigenvalue weighted by molar-refractivity contribution is 6.33. The number of nitrogen functional groups attached to an aromatic ring is 1. The van der Waals surface area contributed by atoms with Gasteiger partial charge in [0.05, 0.1) is 17.3 Å². The minimum Gasteiger partial charge on any atom is -0.466 e. The molecule has 0 radical (unpaired) electrons. The third kappa shape index (κ3) is 3.24. The lowest BCUT2D eigenvalue weighted by Gasteiger charge is -2.03. The number of ketones is 1. The topological polar surface area (TPSA) is 69.4 Å². The van der Waals surface area contributed by atoms with Crippen LogP contribution in [0.15, 0.2) is 18.2 Å². The molecule has 0 saturated carbocycles. The van der Waals surface area contributed by atoms with E-state index in [9.17, 15) is 9.59 Å². The Morgan fingerprint density at radius 3 is 2.69 bits per heavy atom. The largest absolute Gasteiger partial charge is 0.466 e. The molecule has 1 rings (SSSR count). The van der Waals surface area contributed by atoms with Gasteiger partial charge in [-0.15, -0.1) is 0 Å². The zero-order chi connectivity index (χ0) is 12.1. The zero-order valence-corrected chi connectivity index (χ0v) is 9.58. The van der Waals surface area contributed by atoms with E-state index in [4.69, 9.17) is 17.3 Å². The van der Waals surface area contributed by atoms with Crippen molar-refractivity contribution in [1.82, 2.24) is 0 Å². The molecule has 0 unspecified atom stereocenters. The van der Waals surface area contributed by atoms with Gasteiger partial charge in [-0.25, -0.2) is 0 Å². The lowest BCUT2D eigenvalue weighted by molar-refractivity contribution is -0.141. The third-order valence-electron chi connectivity index (χ3n) is 1.93. The molecule has 0 bridgehead atoms. The maximum Gasteiger partial charge on any atom is 0.313 e. The highest BCUT2D eigenvalue weighted by Crippen LogP contribution is 2.20. The average Bonchev–Trinajstić information content (AvgIpc) is 2.22. The summed E-state index contributed by atoms with van der Waals surface area (Å²) >= 11 is 5.71. The maximum absolute atomic E-state index is 11.6. The predicted octanol–water partition coefficient (Wildman–Crippen LogP) is 2.06. The van der Waals surface area contributed by atoms with Crippen molar-refractivity contribution in [3.8, 4) is 0 Å². The lowest BCUT2D eigenvalue weighted by Crippen LogP contribution is -2.11. The second kappa shape index (κ2) is 5.51. The molecule has 1 aromatic carbocycles. The Bertz CT molecular complexity index is 418. The summed E-state index contributed by atoms with van der Waals surface area (Å²) in [5, 5.41) is 0.382. The van der Waals surface area contributed by atoms with E-state index in [1.54, 1.807) is 6.92 Å². The number of halogens is 1. The van der Waals surface area contributed by atoms with E-state index < -0.39 is 5.97 Å². The van der Waals surface area contributed by atoms with Crippen LogP contribution in [0.25, 0.3) is 0 Å². The van der Waals surface area contributed by atoms with Crippen LogP contribution in [-0.4, -0.2) is 18.4 Å². The van der Waals surface area contributed by atoms with Crippen LogP contribution >= 0.6 is 11.6 Å². The summed E-state index contributed by atoms with van der Waals surface area (Å²) in [6.45, 7) is 1.94. The Morgan fingerprint density at radius 2 is 2.12 bits per heavy atom. The number of hydrogen-bond acceptors (Lipinski definition) is 4. The van der Waals surface area contributed by atoms with Gasteiger partial charge < -0.3 is 10.5 Å². The van der Waals surface area contributed by atoms with Crippen LogP contribution < -0.4 is 5.73 Å². The highest BCUT2D eigenvalue weighted by atomic mass is 35.5. The van der Waals surface area contributed by atoms with Crippen molar-refractivity contribution in [3.05, 3.63) is 28.8 Å². The van der Waals surface area contributed by atoms with Gasteiger partial charge in [0.2, 0.25) is 0 Å². The van der Waals surface area contributed by atoms with Gasteiger partial charge in [-0.1, -0.05) is 11.6 Å². The summed E-state index contributed by atoms with van der Waals surface area (Å²) in [4.78, 5) is 22.7. The van der Waals surface area contributed by atoms with Crippen molar-refractivity contribution in [2.75, 3.05) is 12.3 Å². The molecule has 0 aromatic heterocycles. The zero-order valence-electron chi connectivity index (χ0n) is 8.83. The number of anilines is 1. The van der Waals surface area contributed by atoms with E-state index in [0.29, 0.717) is 16.3 Å². The Labute approximate surface area is 98.3 Å². The first-order valence-electron chi connectivity index (χ1n) is 4.78. The average molecular weight is 242 g/mol. The first-order chi connectivity index (χ1) is 7.54. The molecular formula is C11H12ClNO3.